The standard InChI is InChI=1S/C38H59NO8/c1-3-5-7-9-11-13-14-15-16-17-18-20-22-24-26-28-34(42)39-31(32(41)27-25-23-21-19-12-10-8-6-4-2)30-46-38-37(45)36(44)35(43)33(29-40)47-38/h4-7,11-13,15-16,18-20,24-27,31-33,35-38,40-41,43-45H,3,8-10,14,17,21-23,28-30H2,1-2H3,(H,39,42)/b6-4+,7-5-,13-11-,16-15-,19-12+,20-18-,26-24-,27-25+. The van der Waals surface area contributed by atoms with Crippen LogP contribution in [-0.2, 0) is 14.3 Å². The van der Waals surface area contributed by atoms with Gasteiger partial charge in [0.1, 0.15) is 24.4 Å². The van der Waals surface area contributed by atoms with Crippen LogP contribution in [0.3, 0.4) is 0 Å². The molecule has 0 spiro atoms. The van der Waals surface area contributed by atoms with E-state index < -0.39 is 49.5 Å². The monoisotopic (exact) mass is 657 g/mol. The Kier molecular flexibility index (Phi) is 25.2. The maximum atomic E-state index is 12.7. The van der Waals surface area contributed by atoms with E-state index in [0.717, 1.165) is 44.9 Å². The maximum Gasteiger partial charge on any atom is 0.224 e. The highest BCUT2D eigenvalue weighted by Gasteiger charge is 2.44. The molecule has 0 aromatic heterocycles. The number of hydrogen-bond donors (Lipinski definition) is 6. The Balaban J connectivity index is 2.61. The van der Waals surface area contributed by atoms with Crippen LogP contribution in [0.1, 0.15) is 78.1 Å². The van der Waals surface area contributed by atoms with Crippen molar-refractivity contribution in [3.63, 3.8) is 0 Å². The summed E-state index contributed by atoms with van der Waals surface area (Å²) in [6.07, 6.45) is 32.2. The molecular weight excluding hydrogens is 598 g/mol. The summed E-state index contributed by atoms with van der Waals surface area (Å²) in [5, 5.41) is 53.5. The Hall–Kier alpha value is -2.89. The van der Waals surface area contributed by atoms with Gasteiger partial charge < -0.3 is 40.3 Å². The summed E-state index contributed by atoms with van der Waals surface area (Å²) in [5.74, 6) is -0.328. The van der Waals surface area contributed by atoms with Gasteiger partial charge in [-0.15, -0.1) is 0 Å². The third-order valence-corrected chi connectivity index (χ3v) is 7.24. The van der Waals surface area contributed by atoms with Gasteiger partial charge in [-0.2, -0.15) is 0 Å². The quantitative estimate of drug-likeness (QED) is 0.0625. The number of allylic oxidation sites excluding steroid dienone is 14. The number of hydrogen-bond acceptors (Lipinski definition) is 8. The van der Waals surface area contributed by atoms with Crippen molar-refractivity contribution in [2.75, 3.05) is 13.2 Å². The first-order valence-electron chi connectivity index (χ1n) is 16.9. The molecule has 7 atom stereocenters. The lowest BCUT2D eigenvalue weighted by Gasteiger charge is -2.40. The van der Waals surface area contributed by atoms with E-state index in [1.54, 1.807) is 12.2 Å². The van der Waals surface area contributed by atoms with Crippen LogP contribution in [0.15, 0.2) is 97.2 Å². The summed E-state index contributed by atoms with van der Waals surface area (Å²) in [6, 6.07) is -0.884. The topological polar surface area (TPSA) is 149 Å². The molecular formula is C38H59NO8. The van der Waals surface area contributed by atoms with Crippen LogP contribution in [0, 0.1) is 0 Å². The minimum absolute atomic E-state index is 0.0958. The largest absolute Gasteiger partial charge is 0.394 e. The van der Waals surface area contributed by atoms with Gasteiger partial charge >= 0.3 is 0 Å². The van der Waals surface area contributed by atoms with Crippen molar-refractivity contribution in [3.05, 3.63) is 97.2 Å². The predicted octanol–water partition coefficient (Wildman–Crippen LogP) is 5.04. The molecule has 6 N–H and O–H groups in total. The number of amides is 1. The molecule has 1 aliphatic rings. The zero-order chi connectivity index (χ0) is 34.5. The van der Waals surface area contributed by atoms with Gasteiger partial charge in [0, 0.05) is 6.42 Å². The zero-order valence-electron chi connectivity index (χ0n) is 28.2. The molecule has 9 heteroatoms. The second kappa shape index (κ2) is 28.2. The van der Waals surface area contributed by atoms with Gasteiger partial charge in [-0.3, -0.25) is 4.79 Å². The Morgan fingerprint density at radius 3 is 1.83 bits per heavy atom. The van der Waals surface area contributed by atoms with Crippen molar-refractivity contribution in [2.45, 2.75) is 121 Å². The normalized spacial score (nSPS) is 24.1. The number of unbranched alkanes of at least 4 members (excludes halogenated alkanes) is 2. The number of carbonyl (C=O) groups is 1. The number of ether oxygens (including phenoxy) is 2. The van der Waals surface area contributed by atoms with Gasteiger partial charge in [-0.05, 0) is 64.7 Å². The average molecular weight is 658 g/mol. The predicted molar refractivity (Wildman–Crippen MR) is 188 cm³/mol. The molecule has 0 saturated carbocycles. The summed E-state index contributed by atoms with van der Waals surface area (Å²) >= 11 is 0. The minimum Gasteiger partial charge on any atom is -0.394 e. The van der Waals surface area contributed by atoms with Gasteiger partial charge in [-0.25, -0.2) is 0 Å². The third kappa shape index (κ3) is 20.2. The zero-order valence-corrected chi connectivity index (χ0v) is 28.2. The van der Waals surface area contributed by atoms with E-state index in [2.05, 4.69) is 73.0 Å². The number of carbonyl (C=O) groups excluding carboxylic acids is 1. The van der Waals surface area contributed by atoms with Crippen LogP contribution in [0.2, 0.25) is 0 Å². The molecule has 1 fully saturated rings. The van der Waals surface area contributed by atoms with E-state index in [0.29, 0.717) is 12.8 Å². The first-order chi connectivity index (χ1) is 22.8. The van der Waals surface area contributed by atoms with E-state index in [1.807, 2.05) is 31.2 Å². The molecule has 1 saturated heterocycles. The van der Waals surface area contributed by atoms with Crippen molar-refractivity contribution in [3.8, 4) is 0 Å². The number of aliphatic hydroxyl groups is 5. The van der Waals surface area contributed by atoms with Crippen molar-refractivity contribution >= 4 is 5.91 Å². The van der Waals surface area contributed by atoms with Crippen LogP contribution in [0.25, 0.3) is 0 Å². The summed E-state index contributed by atoms with van der Waals surface area (Å²) in [4.78, 5) is 12.7. The first kappa shape index (κ1) is 42.1. The van der Waals surface area contributed by atoms with Crippen LogP contribution in [0.4, 0.5) is 0 Å². The fraction of sp³-hybridized carbons (Fsp3) is 0.553. The van der Waals surface area contributed by atoms with Crippen LogP contribution in [0.5, 0.6) is 0 Å². The molecule has 0 bridgehead atoms. The molecule has 1 rings (SSSR count). The number of nitrogens with one attached hydrogen (secondary N) is 1. The van der Waals surface area contributed by atoms with Crippen LogP contribution >= 0.6 is 0 Å². The average Bonchev–Trinajstić information content (AvgIpc) is 3.07. The number of aliphatic hydroxyl groups excluding tert-OH is 5. The van der Waals surface area contributed by atoms with E-state index in [9.17, 15) is 30.3 Å². The SMILES string of the molecule is C/C=C/CC/C=C/CC/C=C/C(O)C(COC1OC(CO)C(O)C(O)C1O)NC(=O)C/C=C\C/C=C\C/C=C\C/C=C\C/C=C\CC. The van der Waals surface area contributed by atoms with Gasteiger partial charge in [-0.1, -0.05) is 104 Å². The summed E-state index contributed by atoms with van der Waals surface area (Å²) < 4.78 is 11.0. The van der Waals surface area contributed by atoms with Crippen LogP contribution in [-0.4, -0.2) is 87.5 Å². The van der Waals surface area contributed by atoms with E-state index in [1.165, 1.54) is 0 Å². The Morgan fingerprint density at radius 1 is 0.745 bits per heavy atom. The molecule has 9 nitrogen and oxygen atoms in total. The van der Waals surface area contributed by atoms with Crippen molar-refractivity contribution < 1.29 is 39.8 Å². The van der Waals surface area contributed by atoms with Gasteiger partial charge in [0.05, 0.1) is 25.4 Å². The second-order valence-electron chi connectivity index (χ2n) is 11.2. The highest BCUT2D eigenvalue weighted by atomic mass is 16.7. The molecule has 47 heavy (non-hydrogen) atoms. The molecule has 264 valence electrons. The van der Waals surface area contributed by atoms with E-state index in [4.69, 9.17) is 9.47 Å². The van der Waals surface area contributed by atoms with Crippen molar-refractivity contribution in [1.29, 1.82) is 0 Å². The highest BCUT2D eigenvalue weighted by Crippen LogP contribution is 2.22. The van der Waals surface area contributed by atoms with Gasteiger partial charge in [0.2, 0.25) is 5.91 Å². The molecule has 0 aromatic carbocycles. The molecule has 1 heterocycles. The molecule has 7 unspecified atom stereocenters. The molecule has 1 aliphatic heterocycles. The summed E-state index contributed by atoms with van der Waals surface area (Å²) in [5.41, 5.74) is 0. The second-order valence-corrected chi connectivity index (χ2v) is 11.2. The third-order valence-electron chi connectivity index (χ3n) is 7.24. The summed E-state index contributed by atoms with van der Waals surface area (Å²) in [6.45, 7) is 3.28. The Bertz CT molecular complexity index is 1040. The lowest BCUT2D eigenvalue weighted by molar-refractivity contribution is -0.302. The first-order valence-corrected chi connectivity index (χ1v) is 16.9. The highest BCUT2D eigenvalue weighted by molar-refractivity contribution is 5.77. The van der Waals surface area contributed by atoms with Gasteiger partial charge in [0.25, 0.3) is 0 Å². The summed E-state index contributed by atoms with van der Waals surface area (Å²) in [7, 11) is 0. The smallest absolute Gasteiger partial charge is 0.224 e. The Morgan fingerprint density at radius 2 is 1.28 bits per heavy atom. The van der Waals surface area contributed by atoms with E-state index in [-0.39, 0.29) is 18.9 Å². The minimum atomic E-state index is -1.59. The lowest BCUT2D eigenvalue weighted by Crippen LogP contribution is -2.60. The van der Waals surface area contributed by atoms with Gasteiger partial charge in [0.15, 0.2) is 6.29 Å². The number of rotatable bonds is 24. The fourth-order valence-corrected chi connectivity index (χ4v) is 4.49. The molecule has 0 aromatic rings. The maximum absolute atomic E-state index is 12.7. The lowest BCUT2D eigenvalue weighted by atomic mass is 9.99. The molecule has 0 aliphatic carbocycles. The molecule has 1 amide bonds. The van der Waals surface area contributed by atoms with E-state index >= 15 is 0 Å². The van der Waals surface area contributed by atoms with Crippen molar-refractivity contribution in [1.82, 2.24) is 5.32 Å². The van der Waals surface area contributed by atoms with Crippen LogP contribution < -0.4 is 5.32 Å². The van der Waals surface area contributed by atoms with Crippen molar-refractivity contribution in [2.24, 2.45) is 0 Å². The Labute approximate surface area is 282 Å². The fourth-order valence-electron chi connectivity index (χ4n) is 4.49. The molecule has 0 radical (unpaired) electrons.